The second kappa shape index (κ2) is 11.4. The van der Waals surface area contributed by atoms with Gasteiger partial charge in [0, 0.05) is 0 Å². The number of nitrogens with zero attached hydrogens (tertiary/aromatic N) is 2. The minimum Gasteiger partial charge on any atom is -0.796 e. The van der Waals surface area contributed by atoms with Crippen LogP contribution in [0.15, 0.2) is 0 Å². The third-order valence-corrected chi connectivity index (χ3v) is 0. The summed E-state index contributed by atoms with van der Waals surface area (Å²) < 4.78 is 0. The molecule has 0 aliphatic carbocycles. The van der Waals surface area contributed by atoms with Crippen molar-refractivity contribution in [2.24, 2.45) is 0 Å². The van der Waals surface area contributed by atoms with Crippen LogP contribution in [0.3, 0.4) is 0 Å². The SMILES string of the molecule is N#P([O-])[O-].N#P([O-])[O-].[Ti+4]. The molecule has 0 saturated heterocycles. The fourth-order valence-corrected chi connectivity index (χ4v) is 0. The molecule has 0 N–H and O–H groups in total. The Balaban J connectivity index is -0.0000000720. The van der Waals surface area contributed by atoms with Crippen LogP contribution in [0.2, 0.25) is 0 Å². The summed E-state index contributed by atoms with van der Waals surface area (Å²) in [5.74, 6) is 0. The van der Waals surface area contributed by atoms with E-state index in [4.69, 9.17) is 29.6 Å². The quantitative estimate of drug-likeness (QED) is 0.302. The molecule has 0 aromatic rings. The molecule has 9 heavy (non-hydrogen) atoms. The minimum atomic E-state index is -3.12. The van der Waals surface area contributed by atoms with E-state index in [1.807, 2.05) is 0 Å². The van der Waals surface area contributed by atoms with Crippen molar-refractivity contribution in [3.8, 4) is 0 Å². The van der Waals surface area contributed by atoms with E-state index >= 15 is 0 Å². The first-order valence-electron chi connectivity index (χ1n) is 1.13. The first-order chi connectivity index (χ1) is 3.46. The molecule has 0 aliphatic heterocycles. The Morgan fingerprint density at radius 1 is 0.778 bits per heavy atom. The van der Waals surface area contributed by atoms with E-state index in [2.05, 4.69) is 0 Å². The normalized spacial score (nSPS) is 5.56. The molecule has 6 nitrogen and oxygen atoms in total. The van der Waals surface area contributed by atoms with Crippen LogP contribution in [-0.4, -0.2) is 0 Å². The topological polar surface area (TPSA) is 140 Å². The van der Waals surface area contributed by atoms with E-state index in [-0.39, 0.29) is 21.7 Å². The summed E-state index contributed by atoms with van der Waals surface area (Å²) in [6, 6.07) is 0. The van der Waals surface area contributed by atoms with Gasteiger partial charge in [-0.25, -0.2) is 0 Å². The monoisotopic (exact) mass is 202 g/mol. The van der Waals surface area contributed by atoms with E-state index in [0.29, 0.717) is 0 Å². The number of hydrogen-bond donors (Lipinski definition) is 0. The van der Waals surface area contributed by atoms with Crippen molar-refractivity contribution in [2.75, 3.05) is 0 Å². The average molecular weight is 202 g/mol. The molecule has 0 unspecified atom stereocenters. The second-order valence-electron chi connectivity index (χ2n) is 0.476. The van der Waals surface area contributed by atoms with Crippen LogP contribution >= 0.6 is 16.0 Å². The van der Waals surface area contributed by atoms with Crippen molar-refractivity contribution in [2.45, 2.75) is 0 Å². The van der Waals surface area contributed by atoms with Crippen LogP contribution in [0.4, 0.5) is 0 Å². The summed E-state index contributed by atoms with van der Waals surface area (Å²) in [4.78, 5) is 34.4. The predicted molar refractivity (Wildman–Crippen MR) is 17.3 cm³/mol. The van der Waals surface area contributed by atoms with E-state index < -0.39 is 16.0 Å². The molecule has 0 aliphatic rings. The molecule has 0 atom stereocenters. The fourth-order valence-electron chi connectivity index (χ4n) is 0. The summed E-state index contributed by atoms with van der Waals surface area (Å²) >= 11 is 0. The van der Waals surface area contributed by atoms with Gasteiger partial charge < -0.3 is 19.6 Å². The molecular weight excluding hydrogens is 202 g/mol. The molecule has 0 fully saturated rings. The van der Waals surface area contributed by atoms with Gasteiger partial charge in [0.25, 0.3) is 0 Å². The first kappa shape index (κ1) is 16.3. The smallest absolute Gasteiger partial charge is 0.796 e. The Morgan fingerprint density at radius 2 is 0.778 bits per heavy atom. The summed E-state index contributed by atoms with van der Waals surface area (Å²) in [5, 5.41) is 14.0. The summed E-state index contributed by atoms with van der Waals surface area (Å²) in [6.07, 6.45) is 0. The second-order valence-corrected chi connectivity index (χ2v) is 1.43. The van der Waals surface area contributed by atoms with E-state index in [9.17, 15) is 0 Å². The Bertz CT molecular complexity index is 129. The predicted octanol–water partition coefficient (Wildman–Crippen LogP) is -3.01. The van der Waals surface area contributed by atoms with Gasteiger partial charge in [0.15, 0.2) is 0 Å². The van der Waals surface area contributed by atoms with Crippen LogP contribution in [0, 0.1) is 10.0 Å². The Kier molecular flexibility index (Phi) is 20.6. The zero-order valence-corrected chi connectivity index (χ0v) is 7.27. The van der Waals surface area contributed by atoms with Gasteiger partial charge in [-0.15, -0.1) is 16.0 Å². The van der Waals surface area contributed by atoms with Crippen molar-refractivity contribution in [1.29, 1.82) is 10.0 Å². The molecule has 0 aromatic heterocycles. The molecule has 0 rings (SSSR count). The Hall–Kier alpha value is 0.574. The average Bonchev–Trinajstić information content (AvgIpc) is 1.25. The minimum absolute atomic E-state index is 0. The third-order valence-electron chi connectivity index (χ3n) is 0. The molecule has 0 aromatic carbocycles. The van der Waals surface area contributed by atoms with Gasteiger partial charge in [-0.3, -0.25) is 10.0 Å². The molecule has 0 amide bonds. The zero-order chi connectivity index (χ0) is 7.15. The largest absolute Gasteiger partial charge is 4.00 e. The van der Waals surface area contributed by atoms with E-state index in [0.717, 1.165) is 0 Å². The molecule has 0 radical (unpaired) electrons. The summed E-state index contributed by atoms with van der Waals surface area (Å²) in [5.41, 5.74) is 0. The van der Waals surface area contributed by atoms with Crippen LogP contribution in [0.1, 0.15) is 0 Å². The van der Waals surface area contributed by atoms with Crippen LogP contribution in [0.5, 0.6) is 0 Å². The van der Waals surface area contributed by atoms with Gasteiger partial charge in [0.2, 0.25) is 0 Å². The first-order valence-corrected chi connectivity index (χ1v) is 3.39. The van der Waals surface area contributed by atoms with Gasteiger partial charge in [-0.2, -0.15) is 0 Å². The third kappa shape index (κ3) is 1120. The Labute approximate surface area is 67.7 Å². The maximum Gasteiger partial charge on any atom is 4.00 e. The summed E-state index contributed by atoms with van der Waals surface area (Å²) in [6.45, 7) is 0. The van der Waals surface area contributed by atoms with Gasteiger partial charge >= 0.3 is 21.7 Å². The van der Waals surface area contributed by atoms with Gasteiger partial charge in [0.1, 0.15) is 0 Å². The van der Waals surface area contributed by atoms with E-state index in [1.54, 1.807) is 0 Å². The van der Waals surface area contributed by atoms with Crippen LogP contribution in [-0.2, 0) is 21.7 Å². The standard InChI is InChI=1S/2NO2P.Ti/c2*1-4(2)3;/q2*-2;+4. The molecule has 9 heteroatoms. The van der Waals surface area contributed by atoms with Crippen LogP contribution < -0.4 is 19.6 Å². The molecule has 0 heterocycles. The number of hydrogen-bond acceptors (Lipinski definition) is 6. The van der Waals surface area contributed by atoms with Crippen LogP contribution in [0.25, 0.3) is 0 Å². The van der Waals surface area contributed by atoms with E-state index in [1.165, 1.54) is 0 Å². The fraction of sp³-hybridized carbons (Fsp3) is 0. The summed E-state index contributed by atoms with van der Waals surface area (Å²) in [7, 11) is -6.24. The molecular formula is N2O4P2Ti. The van der Waals surface area contributed by atoms with Crippen molar-refractivity contribution in [3.05, 3.63) is 0 Å². The zero-order valence-electron chi connectivity index (χ0n) is 3.92. The molecule has 0 saturated carbocycles. The van der Waals surface area contributed by atoms with Crippen molar-refractivity contribution >= 4 is 16.0 Å². The molecule has 48 valence electrons. The number of rotatable bonds is 0. The van der Waals surface area contributed by atoms with Crippen molar-refractivity contribution in [3.63, 3.8) is 0 Å². The van der Waals surface area contributed by atoms with Gasteiger partial charge in [-0.1, -0.05) is 0 Å². The van der Waals surface area contributed by atoms with Gasteiger partial charge in [-0.05, 0) is 0 Å². The Morgan fingerprint density at radius 3 is 0.778 bits per heavy atom. The van der Waals surface area contributed by atoms with Crippen molar-refractivity contribution < 1.29 is 41.3 Å². The molecule has 0 spiro atoms. The molecule has 0 bridgehead atoms. The maximum atomic E-state index is 8.59. The maximum absolute atomic E-state index is 8.59. The van der Waals surface area contributed by atoms with Crippen molar-refractivity contribution in [1.82, 2.24) is 0 Å². The van der Waals surface area contributed by atoms with Gasteiger partial charge in [0.05, 0.1) is 0 Å².